The average molecular weight is 643 g/mol. The summed E-state index contributed by atoms with van der Waals surface area (Å²) in [6.45, 7) is -0.197. The number of amides is 2. The van der Waals surface area contributed by atoms with Gasteiger partial charge in [0.05, 0.1) is 17.5 Å². The molecule has 4 aromatic rings. The van der Waals surface area contributed by atoms with Gasteiger partial charge < -0.3 is 21.1 Å². The normalized spacial score (nSPS) is 17.6. The number of benzene rings is 4. The van der Waals surface area contributed by atoms with Gasteiger partial charge in [-0.05, 0) is 84.1 Å². The highest BCUT2D eigenvalue weighted by Gasteiger charge is 2.44. The lowest BCUT2D eigenvalue weighted by atomic mass is 9.89. The van der Waals surface area contributed by atoms with E-state index in [1.54, 1.807) is 72.8 Å². The summed E-state index contributed by atoms with van der Waals surface area (Å²) in [5, 5.41) is 4.81. The van der Waals surface area contributed by atoms with E-state index in [9.17, 15) is 27.6 Å². The molecule has 242 valence electrons. The summed E-state index contributed by atoms with van der Waals surface area (Å²) >= 11 is 0. The number of para-hydroxylation sites is 2. The molecule has 1 aliphatic carbocycles. The minimum atomic E-state index is -4.55. The van der Waals surface area contributed by atoms with Crippen LogP contribution in [-0.2, 0) is 9.59 Å². The Morgan fingerprint density at radius 3 is 2.28 bits per heavy atom. The zero-order valence-corrected chi connectivity index (χ0v) is 25.3. The second kappa shape index (κ2) is 13.0. The van der Waals surface area contributed by atoms with Gasteiger partial charge in [-0.3, -0.25) is 19.3 Å². The molecular formula is C36H33F3N4O4. The fourth-order valence-corrected chi connectivity index (χ4v) is 6.54. The van der Waals surface area contributed by atoms with Crippen LogP contribution in [0.1, 0.15) is 51.8 Å². The summed E-state index contributed by atoms with van der Waals surface area (Å²) in [6.07, 6.45) is -2.30. The number of nitrogens with two attached hydrogens (primary N) is 1. The predicted molar refractivity (Wildman–Crippen MR) is 170 cm³/mol. The molecule has 1 aliphatic heterocycles. The minimum absolute atomic E-state index is 0.184. The average Bonchev–Trinajstić information content (AvgIpc) is 3.70. The monoisotopic (exact) mass is 642 g/mol. The number of carbonyl (C=O) groups excluding carboxylic acids is 3. The van der Waals surface area contributed by atoms with Gasteiger partial charge in [0.1, 0.15) is 18.0 Å². The van der Waals surface area contributed by atoms with Gasteiger partial charge in [0.25, 0.3) is 5.91 Å². The van der Waals surface area contributed by atoms with Gasteiger partial charge >= 0.3 is 6.18 Å². The van der Waals surface area contributed by atoms with E-state index in [-0.39, 0.29) is 11.3 Å². The van der Waals surface area contributed by atoms with Crippen LogP contribution in [-0.4, -0.2) is 54.5 Å². The van der Waals surface area contributed by atoms with E-state index in [1.807, 2.05) is 34.5 Å². The van der Waals surface area contributed by atoms with Crippen molar-refractivity contribution in [2.45, 2.75) is 36.6 Å². The smallest absolute Gasteiger partial charge is 0.405 e. The molecule has 3 unspecified atom stereocenters. The van der Waals surface area contributed by atoms with Crippen molar-refractivity contribution in [1.29, 1.82) is 0 Å². The summed E-state index contributed by atoms with van der Waals surface area (Å²) in [7, 11) is 0. The second-order valence-corrected chi connectivity index (χ2v) is 11.8. The van der Waals surface area contributed by atoms with Crippen molar-refractivity contribution in [3.05, 3.63) is 119 Å². The molecule has 0 radical (unpaired) electrons. The van der Waals surface area contributed by atoms with Crippen LogP contribution in [0.5, 0.6) is 11.5 Å². The Morgan fingerprint density at radius 2 is 1.55 bits per heavy atom. The third-order valence-corrected chi connectivity index (χ3v) is 8.58. The predicted octanol–water partition coefficient (Wildman–Crippen LogP) is 5.69. The van der Waals surface area contributed by atoms with E-state index in [2.05, 4.69) is 5.32 Å². The number of halogens is 3. The van der Waals surface area contributed by atoms with Crippen LogP contribution in [0, 0.1) is 0 Å². The molecule has 1 heterocycles. The fourth-order valence-electron chi connectivity index (χ4n) is 6.54. The molecule has 6 rings (SSSR count). The van der Waals surface area contributed by atoms with Crippen LogP contribution >= 0.6 is 0 Å². The standard InChI is InChI=1S/C36H33F3N4O4/c37-36(38,39)21-41-34(46)31-26-13-5-4-12-25(26)29-20-23(16-17-27(29)31)32(43-18-8-9-19-43)35(40,22-44)42-33(45)28-14-6-7-15-30(28)47-24-10-2-1-3-11-24/h1-7,10-17,20,22,31-32H,8-9,18-19,21,40H2,(H,41,46)(H,42,45). The van der Waals surface area contributed by atoms with Crippen molar-refractivity contribution in [3.63, 3.8) is 0 Å². The Bertz CT molecular complexity index is 1790. The molecule has 3 atom stereocenters. The van der Waals surface area contributed by atoms with E-state index in [0.29, 0.717) is 52.9 Å². The molecule has 0 saturated carbocycles. The highest BCUT2D eigenvalue weighted by atomic mass is 19.4. The van der Waals surface area contributed by atoms with Crippen molar-refractivity contribution >= 4 is 18.1 Å². The third kappa shape index (κ3) is 6.63. The molecule has 2 amide bonds. The number of carbonyl (C=O) groups is 3. The summed E-state index contributed by atoms with van der Waals surface area (Å²) in [5.74, 6) is -1.50. The number of alkyl halides is 3. The van der Waals surface area contributed by atoms with E-state index in [0.717, 1.165) is 12.8 Å². The lowest BCUT2D eigenvalue weighted by molar-refractivity contribution is -0.138. The summed E-state index contributed by atoms with van der Waals surface area (Å²) in [4.78, 5) is 41.9. The fraction of sp³-hybridized carbons (Fsp3) is 0.250. The van der Waals surface area contributed by atoms with Crippen molar-refractivity contribution in [3.8, 4) is 22.6 Å². The number of ether oxygens (including phenoxy) is 1. The zero-order chi connectivity index (χ0) is 33.2. The van der Waals surface area contributed by atoms with Crippen LogP contribution in [0.2, 0.25) is 0 Å². The maximum atomic E-state index is 13.8. The largest absolute Gasteiger partial charge is 0.457 e. The molecule has 8 nitrogen and oxygen atoms in total. The van der Waals surface area contributed by atoms with Gasteiger partial charge in [0, 0.05) is 0 Å². The third-order valence-electron chi connectivity index (χ3n) is 8.58. The lowest BCUT2D eigenvalue weighted by Crippen LogP contribution is -2.64. The van der Waals surface area contributed by atoms with Gasteiger partial charge in [0.2, 0.25) is 5.91 Å². The first-order valence-corrected chi connectivity index (χ1v) is 15.3. The van der Waals surface area contributed by atoms with Gasteiger partial charge in [-0.15, -0.1) is 0 Å². The van der Waals surface area contributed by atoms with Crippen LogP contribution in [0.4, 0.5) is 13.2 Å². The first kappa shape index (κ1) is 32.0. The van der Waals surface area contributed by atoms with Crippen molar-refractivity contribution in [2.24, 2.45) is 5.73 Å². The van der Waals surface area contributed by atoms with Crippen LogP contribution in [0.15, 0.2) is 97.1 Å². The number of fused-ring (bicyclic) bond motifs is 3. The highest BCUT2D eigenvalue weighted by molar-refractivity contribution is 5.99. The van der Waals surface area contributed by atoms with Gasteiger partial charge in [-0.25, -0.2) is 0 Å². The van der Waals surface area contributed by atoms with Gasteiger partial charge in [-0.2, -0.15) is 13.2 Å². The Hall–Kier alpha value is -5.00. The topological polar surface area (TPSA) is 114 Å². The second-order valence-electron chi connectivity index (χ2n) is 11.8. The number of aldehydes is 1. The molecule has 4 aromatic carbocycles. The number of nitrogens with one attached hydrogen (secondary N) is 2. The SMILES string of the molecule is NC(C=O)(NC(=O)c1ccccc1Oc1ccccc1)C(c1ccc2c(c1)-c1ccccc1C2C(=O)NCC(F)(F)F)N1CCCC1. The van der Waals surface area contributed by atoms with Crippen molar-refractivity contribution in [1.82, 2.24) is 15.5 Å². The van der Waals surface area contributed by atoms with Crippen LogP contribution < -0.4 is 21.1 Å². The Kier molecular flexibility index (Phi) is 8.85. The van der Waals surface area contributed by atoms with Crippen molar-refractivity contribution in [2.75, 3.05) is 19.6 Å². The molecule has 47 heavy (non-hydrogen) atoms. The summed E-state index contributed by atoms with van der Waals surface area (Å²) < 4.78 is 44.8. The highest BCUT2D eigenvalue weighted by Crippen LogP contribution is 2.47. The van der Waals surface area contributed by atoms with Gasteiger partial charge in [0.15, 0.2) is 11.9 Å². The van der Waals surface area contributed by atoms with E-state index in [4.69, 9.17) is 10.5 Å². The first-order valence-electron chi connectivity index (χ1n) is 15.3. The molecular weight excluding hydrogens is 609 g/mol. The number of likely N-dealkylation sites (tertiary alicyclic amines) is 1. The van der Waals surface area contributed by atoms with Crippen molar-refractivity contribution < 1.29 is 32.3 Å². The van der Waals surface area contributed by atoms with Crippen LogP contribution in [0.3, 0.4) is 0 Å². The van der Waals surface area contributed by atoms with E-state index < -0.39 is 42.2 Å². The molecule has 0 aromatic heterocycles. The van der Waals surface area contributed by atoms with E-state index >= 15 is 0 Å². The Morgan fingerprint density at radius 1 is 0.894 bits per heavy atom. The number of nitrogens with zero attached hydrogens (tertiary/aromatic N) is 1. The van der Waals surface area contributed by atoms with Gasteiger partial charge in [-0.1, -0.05) is 66.7 Å². The molecule has 4 N–H and O–H groups in total. The Labute approximate surface area is 269 Å². The number of hydrogen-bond donors (Lipinski definition) is 3. The molecule has 0 bridgehead atoms. The lowest BCUT2D eigenvalue weighted by Gasteiger charge is -2.40. The van der Waals surface area contributed by atoms with Crippen LogP contribution in [0.25, 0.3) is 11.1 Å². The van der Waals surface area contributed by atoms with E-state index in [1.165, 1.54) is 0 Å². The molecule has 0 spiro atoms. The molecule has 11 heteroatoms. The quantitative estimate of drug-likeness (QED) is 0.151. The summed E-state index contributed by atoms with van der Waals surface area (Å²) in [6, 6.07) is 27.1. The minimum Gasteiger partial charge on any atom is -0.457 e. The molecule has 1 fully saturated rings. The maximum absolute atomic E-state index is 13.8. The Balaban J connectivity index is 1.35. The summed E-state index contributed by atoms with van der Waals surface area (Å²) in [5.41, 5.74) is 8.20. The maximum Gasteiger partial charge on any atom is 0.405 e. The number of rotatable bonds is 10. The first-order chi connectivity index (χ1) is 22.6. The molecule has 2 aliphatic rings. The number of hydrogen-bond acceptors (Lipinski definition) is 6. The zero-order valence-electron chi connectivity index (χ0n) is 25.3. The molecule has 1 saturated heterocycles.